The molecule has 2 heterocycles. The smallest absolute Gasteiger partial charge is 0.258 e. The van der Waals surface area contributed by atoms with Crippen LogP contribution in [-0.2, 0) is 6.61 Å². The number of hydrogen-bond donors (Lipinski definition) is 0. The van der Waals surface area contributed by atoms with Crippen molar-refractivity contribution in [3.05, 3.63) is 75.0 Å². The third kappa shape index (κ3) is 2.94. The van der Waals surface area contributed by atoms with Crippen molar-refractivity contribution in [1.29, 1.82) is 0 Å². The lowest BCUT2D eigenvalue weighted by atomic mass is 10.3. The highest BCUT2D eigenvalue weighted by molar-refractivity contribution is 6.30. The molecule has 0 spiro atoms. The van der Waals surface area contributed by atoms with Gasteiger partial charge in [-0.15, -0.1) is 0 Å². The predicted octanol–water partition coefficient (Wildman–Crippen LogP) is 3.37. The summed E-state index contributed by atoms with van der Waals surface area (Å²) in [6.07, 6.45) is 1.68. The highest BCUT2D eigenvalue weighted by Gasteiger charge is 2.05. The molecule has 0 N–H and O–H groups in total. The van der Waals surface area contributed by atoms with Crippen LogP contribution in [0.2, 0.25) is 5.02 Å². The maximum absolute atomic E-state index is 13.1. The Morgan fingerprint density at radius 1 is 1.27 bits per heavy atom. The molecule has 0 bridgehead atoms. The van der Waals surface area contributed by atoms with Crippen LogP contribution >= 0.6 is 11.6 Å². The normalized spacial score (nSPS) is 10.9. The third-order valence-corrected chi connectivity index (χ3v) is 3.44. The predicted molar refractivity (Wildman–Crippen MR) is 81.9 cm³/mol. The van der Waals surface area contributed by atoms with E-state index in [0.29, 0.717) is 17.1 Å². The van der Waals surface area contributed by atoms with Gasteiger partial charge in [-0.2, -0.15) is 0 Å². The van der Waals surface area contributed by atoms with Crippen LogP contribution in [0.25, 0.3) is 5.65 Å². The standard InChI is InChI=1S/C16H12ClFN2O2/c1-10-4-5-20-15(6-10)19-11(7-16(20)21)9-22-12-2-3-14(18)13(17)8-12/h2-8H,9H2,1H3. The fourth-order valence-electron chi connectivity index (χ4n) is 2.05. The summed E-state index contributed by atoms with van der Waals surface area (Å²) < 4.78 is 20.0. The number of halogens is 2. The molecule has 0 amide bonds. The first-order valence-electron chi connectivity index (χ1n) is 6.60. The van der Waals surface area contributed by atoms with Gasteiger partial charge in [0.25, 0.3) is 5.56 Å². The molecule has 0 aliphatic heterocycles. The molecular weight excluding hydrogens is 307 g/mol. The largest absolute Gasteiger partial charge is 0.487 e. The van der Waals surface area contributed by atoms with Crippen LogP contribution in [-0.4, -0.2) is 9.38 Å². The van der Waals surface area contributed by atoms with Gasteiger partial charge < -0.3 is 4.74 Å². The van der Waals surface area contributed by atoms with E-state index in [-0.39, 0.29) is 17.2 Å². The first-order valence-corrected chi connectivity index (χ1v) is 6.97. The third-order valence-electron chi connectivity index (χ3n) is 3.15. The van der Waals surface area contributed by atoms with Crippen molar-refractivity contribution >= 4 is 17.2 Å². The van der Waals surface area contributed by atoms with Crippen molar-refractivity contribution in [3.8, 4) is 5.75 Å². The van der Waals surface area contributed by atoms with E-state index < -0.39 is 5.82 Å². The Hall–Kier alpha value is -2.40. The molecule has 3 aromatic rings. The minimum atomic E-state index is -0.508. The van der Waals surface area contributed by atoms with Gasteiger partial charge in [0.1, 0.15) is 23.8 Å². The summed E-state index contributed by atoms with van der Waals surface area (Å²) in [5, 5.41) is -0.0142. The quantitative estimate of drug-likeness (QED) is 0.743. The summed E-state index contributed by atoms with van der Waals surface area (Å²) in [6, 6.07) is 9.15. The Kier molecular flexibility index (Phi) is 3.81. The molecule has 22 heavy (non-hydrogen) atoms. The van der Waals surface area contributed by atoms with Crippen molar-refractivity contribution in [2.45, 2.75) is 13.5 Å². The lowest BCUT2D eigenvalue weighted by molar-refractivity contribution is 0.301. The molecule has 0 fully saturated rings. The van der Waals surface area contributed by atoms with Crippen LogP contribution < -0.4 is 10.3 Å². The lowest BCUT2D eigenvalue weighted by Gasteiger charge is -2.08. The van der Waals surface area contributed by atoms with Crippen molar-refractivity contribution in [1.82, 2.24) is 9.38 Å². The number of aryl methyl sites for hydroxylation is 1. The van der Waals surface area contributed by atoms with Crippen LogP contribution in [0.3, 0.4) is 0 Å². The fraction of sp³-hybridized carbons (Fsp3) is 0.125. The van der Waals surface area contributed by atoms with E-state index in [4.69, 9.17) is 16.3 Å². The van der Waals surface area contributed by atoms with Crippen LogP contribution in [0, 0.1) is 12.7 Å². The summed E-state index contributed by atoms with van der Waals surface area (Å²) in [4.78, 5) is 16.4. The van der Waals surface area contributed by atoms with Gasteiger partial charge in [-0.3, -0.25) is 9.20 Å². The molecular formula is C16H12ClFN2O2. The molecule has 0 radical (unpaired) electrons. The van der Waals surface area contributed by atoms with Crippen molar-refractivity contribution in [3.63, 3.8) is 0 Å². The molecule has 3 rings (SSSR count). The fourth-order valence-corrected chi connectivity index (χ4v) is 2.22. The van der Waals surface area contributed by atoms with E-state index in [2.05, 4.69) is 4.98 Å². The number of hydrogen-bond acceptors (Lipinski definition) is 3. The molecule has 2 aromatic heterocycles. The Labute approximate surface area is 130 Å². The topological polar surface area (TPSA) is 43.6 Å². The lowest BCUT2D eigenvalue weighted by Crippen LogP contribution is -2.16. The van der Waals surface area contributed by atoms with Crippen molar-refractivity contribution in [2.24, 2.45) is 0 Å². The van der Waals surface area contributed by atoms with Crippen LogP contribution in [0.1, 0.15) is 11.3 Å². The van der Waals surface area contributed by atoms with E-state index in [0.717, 1.165) is 5.56 Å². The number of rotatable bonds is 3. The number of ether oxygens (including phenoxy) is 1. The van der Waals surface area contributed by atoms with Gasteiger partial charge in [0, 0.05) is 18.3 Å². The summed E-state index contributed by atoms with van der Waals surface area (Å²) in [5.74, 6) is -0.0933. The SMILES string of the molecule is Cc1ccn2c(=O)cc(COc3ccc(F)c(Cl)c3)nc2c1. The summed E-state index contributed by atoms with van der Waals surface area (Å²) in [5.41, 5.74) is 1.88. The van der Waals surface area contributed by atoms with Gasteiger partial charge >= 0.3 is 0 Å². The molecule has 0 unspecified atom stereocenters. The zero-order valence-electron chi connectivity index (χ0n) is 11.7. The molecule has 0 aliphatic rings. The van der Waals surface area contributed by atoms with E-state index in [1.54, 1.807) is 6.20 Å². The van der Waals surface area contributed by atoms with Gasteiger partial charge in [0.05, 0.1) is 10.7 Å². The second kappa shape index (κ2) is 5.77. The van der Waals surface area contributed by atoms with E-state index in [1.165, 1.54) is 28.7 Å². The van der Waals surface area contributed by atoms with Crippen LogP contribution in [0.15, 0.2) is 47.4 Å². The maximum atomic E-state index is 13.1. The van der Waals surface area contributed by atoms with Gasteiger partial charge in [-0.05, 0) is 36.8 Å². The molecule has 1 aromatic carbocycles. The second-order valence-corrected chi connectivity index (χ2v) is 5.29. The van der Waals surface area contributed by atoms with Gasteiger partial charge in [-0.25, -0.2) is 9.37 Å². The maximum Gasteiger partial charge on any atom is 0.258 e. The van der Waals surface area contributed by atoms with E-state index in [1.807, 2.05) is 19.1 Å². The number of nitrogens with zero attached hydrogens (tertiary/aromatic N) is 2. The summed E-state index contributed by atoms with van der Waals surface area (Å²) in [6.45, 7) is 2.03. The first-order chi connectivity index (χ1) is 10.5. The monoisotopic (exact) mass is 318 g/mol. The van der Waals surface area contributed by atoms with E-state index >= 15 is 0 Å². The number of aromatic nitrogens is 2. The van der Waals surface area contributed by atoms with Crippen molar-refractivity contribution < 1.29 is 9.13 Å². The first kappa shape index (κ1) is 14.5. The zero-order valence-corrected chi connectivity index (χ0v) is 12.5. The Balaban J connectivity index is 1.87. The number of fused-ring (bicyclic) bond motifs is 1. The van der Waals surface area contributed by atoms with Crippen LogP contribution in [0.4, 0.5) is 4.39 Å². The minimum Gasteiger partial charge on any atom is -0.487 e. The highest BCUT2D eigenvalue weighted by atomic mass is 35.5. The van der Waals surface area contributed by atoms with Gasteiger partial charge in [-0.1, -0.05) is 11.6 Å². The zero-order chi connectivity index (χ0) is 15.7. The number of benzene rings is 1. The molecule has 0 aliphatic carbocycles. The molecule has 0 saturated heterocycles. The van der Waals surface area contributed by atoms with Crippen LogP contribution in [0.5, 0.6) is 5.75 Å². The average Bonchev–Trinajstić information content (AvgIpc) is 2.48. The molecule has 0 saturated carbocycles. The van der Waals surface area contributed by atoms with Crippen molar-refractivity contribution in [2.75, 3.05) is 0 Å². The second-order valence-electron chi connectivity index (χ2n) is 4.88. The highest BCUT2D eigenvalue weighted by Crippen LogP contribution is 2.21. The molecule has 6 heteroatoms. The molecule has 112 valence electrons. The number of pyridine rings is 1. The summed E-state index contributed by atoms with van der Waals surface area (Å²) in [7, 11) is 0. The molecule has 0 atom stereocenters. The Morgan fingerprint density at radius 3 is 2.86 bits per heavy atom. The van der Waals surface area contributed by atoms with Gasteiger partial charge in [0.2, 0.25) is 0 Å². The van der Waals surface area contributed by atoms with E-state index in [9.17, 15) is 9.18 Å². The Bertz CT molecular complexity index is 908. The Morgan fingerprint density at radius 2 is 2.09 bits per heavy atom. The minimum absolute atomic E-state index is 0.0142. The summed E-state index contributed by atoms with van der Waals surface area (Å²) >= 11 is 5.69. The average molecular weight is 319 g/mol. The van der Waals surface area contributed by atoms with Gasteiger partial charge in [0.15, 0.2) is 0 Å². The molecule has 4 nitrogen and oxygen atoms in total.